The number of rotatable bonds is 14. The van der Waals surface area contributed by atoms with Crippen molar-refractivity contribution in [1.82, 2.24) is 10.2 Å². The van der Waals surface area contributed by atoms with E-state index in [2.05, 4.69) is 27.4 Å². The number of nitro benzene ring substituents is 1. The molecule has 0 aromatic heterocycles. The highest BCUT2D eigenvalue weighted by Gasteiger charge is 2.39. The van der Waals surface area contributed by atoms with Crippen molar-refractivity contribution in [2.24, 2.45) is 5.92 Å². The summed E-state index contributed by atoms with van der Waals surface area (Å²) in [6.45, 7) is 8.16. The molecule has 2 fully saturated rings. The van der Waals surface area contributed by atoms with Gasteiger partial charge < -0.3 is 30.1 Å². The van der Waals surface area contributed by atoms with E-state index < -0.39 is 6.29 Å². The van der Waals surface area contributed by atoms with Gasteiger partial charge in [0.2, 0.25) is 11.8 Å². The highest BCUT2D eigenvalue weighted by atomic mass is 16.7. The molecule has 2 aliphatic heterocycles. The van der Waals surface area contributed by atoms with E-state index >= 15 is 0 Å². The predicted octanol–water partition coefficient (Wildman–Crippen LogP) is 5.34. The van der Waals surface area contributed by atoms with Gasteiger partial charge in [0.25, 0.3) is 5.69 Å². The maximum absolute atomic E-state index is 12.7. The summed E-state index contributed by atoms with van der Waals surface area (Å²) in [4.78, 5) is 39.1. The zero-order valence-corrected chi connectivity index (χ0v) is 28.3. The molecule has 12 nitrogen and oxygen atoms in total. The number of benzene rings is 3. The van der Waals surface area contributed by atoms with E-state index in [1.54, 1.807) is 12.1 Å². The standard InChI is InChI=1S/C37H47N5O7/c1-26-34(24-40-19-21-41(22-20-40)32-14-16-33(17-15-32)42(46)47)48-37(49-36(26)29-12-10-28(25-43)11-13-29)30-7-6-8-31(23-30)39-35(45)9-4-3-5-18-38-27(2)44/h6-8,10-17,23,26,34,36-37,43H,3-5,9,18-22,24-25H2,1-2H3,(H,38,44)(H,39,45)/t26-,34+,36+,37+/m1/s1. The molecule has 0 bridgehead atoms. The number of carbonyl (C=O) groups excluding carboxylic acids is 2. The van der Waals surface area contributed by atoms with Crippen molar-refractivity contribution < 1.29 is 29.1 Å². The lowest BCUT2D eigenvalue weighted by Gasteiger charge is -2.44. The van der Waals surface area contributed by atoms with Crippen LogP contribution >= 0.6 is 0 Å². The highest BCUT2D eigenvalue weighted by Crippen LogP contribution is 2.42. The SMILES string of the molecule is CC(=O)NCCCCCC(=O)Nc1cccc([C@H]2O[C@@H](CN3CCN(c4ccc([N+](=O)[O-])cc4)CC3)[C@@H](C)[C@@H](c3ccc(CO)cc3)O2)c1. The zero-order chi connectivity index (χ0) is 34.8. The summed E-state index contributed by atoms with van der Waals surface area (Å²) in [5.41, 5.74) is 4.39. The Morgan fingerprint density at radius 2 is 1.67 bits per heavy atom. The Morgan fingerprint density at radius 1 is 0.939 bits per heavy atom. The van der Waals surface area contributed by atoms with Crippen LogP contribution in [0.15, 0.2) is 72.8 Å². The molecule has 2 saturated heterocycles. The van der Waals surface area contributed by atoms with Crippen LogP contribution < -0.4 is 15.5 Å². The number of amides is 2. The van der Waals surface area contributed by atoms with Crippen LogP contribution in [0.25, 0.3) is 0 Å². The molecule has 49 heavy (non-hydrogen) atoms. The fraction of sp³-hybridized carbons (Fsp3) is 0.459. The van der Waals surface area contributed by atoms with Crippen LogP contribution in [0, 0.1) is 16.0 Å². The normalized spacial score (nSPS) is 21.2. The van der Waals surface area contributed by atoms with Gasteiger partial charge in [-0.1, -0.05) is 49.7 Å². The molecule has 2 aliphatic rings. The maximum Gasteiger partial charge on any atom is 0.269 e. The van der Waals surface area contributed by atoms with Gasteiger partial charge in [0.1, 0.15) is 0 Å². The first kappa shape index (κ1) is 35.9. The Kier molecular flexibility index (Phi) is 12.7. The van der Waals surface area contributed by atoms with Crippen LogP contribution in [-0.2, 0) is 25.7 Å². The first-order valence-corrected chi connectivity index (χ1v) is 17.1. The van der Waals surface area contributed by atoms with E-state index in [0.717, 1.165) is 67.8 Å². The predicted molar refractivity (Wildman–Crippen MR) is 187 cm³/mol. The van der Waals surface area contributed by atoms with Gasteiger partial charge in [0.05, 0.1) is 23.7 Å². The molecule has 0 spiro atoms. The zero-order valence-electron chi connectivity index (χ0n) is 28.3. The Bertz CT molecular complexity index is 1540. The Labute approximate surface area is 287 Å². The summed E-state index contributed by atoms with van der Waals surface area (Å²) in [6, 6.07) is 22.1. The molecule has 3 aromatic rings. The lowest BCUT2D eigenvalue weighted by molar-refractivity contribution is -0.384. The molecule has 2 heterocycles. The first-order valence-electron chi connectivity index (χ1n) is 17.1. The molecule has 2 amide bonds. The van der Waals surface area contributed by atoms with Crippen LogP contribution in [0.1, 0.15) is 68.6 Å². The number of hydrogen-bond acceptors (Lipinski definition) is 9. The fourth-order valence-electron chi connectivity index (χ4n) is 6.39. The Morgan fingerprint density at radius 3 is 2.35 bits per heavy atom. The second-order valence-corrected chi connectivity index (χ2v) is 12.9. The van der Waals surface area contributed by atoms with Gasteiger partial charge in [-0.2, -0.15) is 0 Å². The van der Waals surface area contributed by atoms with Crippen molar-refractivity contribution in [3.8, 4) is 0 Å². The van der Waals surface area contributed by atoms with E-state index in [-0.39, 0.29) is 47.2 Å². The van der Waals surface area contributed by atoms with Crippen molar-refractivity contribution in [2.45, 2.75) is 64.6 Å². The number of piperazine rings is 1. The molecule has 4 atom stereocenters. The number of ether oxygens (including phenoxy) is 2. The minimum atomic E-state index is -0.657. The number of unbranched alkanes of at least 4 members (excludes halogenated alkanes) is 2. The number of nitro groups is 1. The Hall–Kier alpha value is -4.36. The second-order valence-electron chi connectivity index (χ2n) is 12.9. The summed E-state index contributed by atoms with van der Waals surface area (Å²) in [5.74, 6) is -0.0873. The third-order valence-electron chi connectivity index (χ3n) is 9.26. The number of hydrogen-bond donors (Lipinski definition) is 3. The summed E-state index contributed by atoms with van der Waals surface area (Å²) in [6.07, 6.45) is 1.75. The van der Waals surface area contributed by atoms with Crippen molar-refractivity contribution >= 4 is 28.9 Å². The van der Waals surface area contributed by atoms with E-state index in [1.807, 2.05) is 60.7 Å². The minimum Gasteiger partial charge on any atom is -0.392 e. The van der Waals surface area contributed by atoms with Gasteiger partial charge in [-0.15, -0.1) is 0 Å². The summed E-state index contributed by atoms with van der Waals surface area (Å²) in [7, 11) is 0. The van der Waals surface area contributed by atoms with Crippen LogP contribution in [-0.4, -0.2) is 72.1 Å². The van der Waals surface area contributed by atoms with Crippen LogP contribution in [0.5, 0.6) is 0 Å². The summed E-state index contributed by atoms with van der Waals surface area (Å²) >= 11 is 0. The van der Waals surface area contributed by atoms with E-state index in [0.29, 0.717) is 25.2 Å². The van der Waals surface area contributed by atoms with Crippen LogP contribution in [0.3, 0.4) is 0 Å². The number of nitrogens with zero attached hydrogens (tertiary/aromatic N) is 3. The number of aliphatic hydroxyl groups is 1. The monoisotopic (exact) mass is 673 g/mol. The van der Waals surface area contributed by atoms with Gasteiger partial charge in [-0.3, -0.25) is 24.6 Å². The lowest BCUT2D eigenvalue weighted by Crippen LogP contribution is -2.51. The molecule has 0 aliphatic carbocycles. The molecule has 12 heteroatoms. The van der Waals surface area contributed by atoms with Crippen LogP contribution in [0.4, 0.5) is 17.1 Å². The molecule has 0 radical (unpaired) electrons. The molecule has 0 unspecified atom stereocenters. The lowest BCUT2D eigenvalue weighted by atomic mass is 9.90. The third-order valence-corrected chi connectivity index (χ3v) is 9.26. The summed E-state index contributed by atoms with van der Waals surface area (Å²) in [5, 5.41) is 26.4. The van der Waals surface area contributed by atoms with Gasteiger partial charge in [0, 0.05) is 87.6 Å². The van der Waals surface area contributed by atoms with Crippen molar-refractivity contribution in [2.75, 3.05) is 49.5 Å². The summed E-state index contributed by atoms with van der Waals surface area (Å²) < 4.78 is 13.3. The highest BCUT2D eigenvalue weighted by molar-refractivity contribution is 5.90. The average molecular weight is 674 g/mol. The number of non-ortho nitro benzene ring substituents is 1. The number of nitrogens with one attached hydrogen (secondary N) is 2. The van der Waals surface area contributed by atoms with E-state index in [1.165, 1.54) is 6.92 Å². The quantitative estimate of drug-likeness (QED) is 0.117. The second kappa shape index (κ2) is 17.3. The van der Waals surface area contributed by atoms with E-state index in [9.17, 15) is 24.8 Å². The third kappa shape index (κ3) is 10.1. The minimum absolute atomic E-state index is 0.0254. The molecule has 262 valence electrons. The van der Waals surface area contributed by atoms with E-state index in [4.69, 9.17) is 9.47 Å². The van der Waals surface area contributed by atoms with Crippen LogP contribution in [0.2, 0.25) is 0 Å². The fourth-order valence-corrected chi connectivity index (χ4v) is 6.39. The van der Waals surface area contributed by atoms with Crippen molar-refractivity contribution in [3.05, 3.63) is 99.6 Å². The number of carbonyl (C=O) groups is 2. The number of anilines is 2. The van der Waals surface area contributed by atoms with Crippen molar-refractivity contribution in [3.63, 3.8) is 0 Å². The molecule has 0 saturated carbocycles. The molecule has 5 rings (SSSR count). The van der Waals surface area contributed by atoms with Crippen molar-refractivity contribution in [1.29, 1.82) is 0 Å². The van der Waals surface area contributed by atoms with Gasteiger partial charge >= 0.3 is 0 Å². The topological polar surface area (TPSA) is 147 Å². The van der Waals surface area contributed by atoms with Gasteiger partial charge in [-0.05, 0) is 48.2 Å². The van der Waals surface area contributed by atoms with Gasteiger partial charge in [0.15, 0.2) is 6.29 Å². The molecular weight excluding hydrogens is 626 g/mol. The largest absolute Gasteiger partial charge is 0.392 e. The van der Waals surface area contributed by atoms with Gasteiger partial charge in [-0.25, -0.2) is 0 Å². The molecule has 3 aromatic carbocycles. The molecular formula is C37H47N5O7. The maximum atomic E-state index is 12.7. The molecule has 3 N–H and O–H groups in total. The number of aliphatic hydroxyl groups excluding tert-OH is 1. The Balaban J connectivity index is 1.24. The smallest absolute Gasteiger partial charge is 0.269 e. The first-order chi connectivity index (χ1) is 23.7. The average Bonchev–Trinajstić information content (AvgIpc) is 3.11.